The van der Waals surface area contributed by atoms with E-state index in [2.05, 4.69) is 10.6 Å². The van der Waals surface area contributed by atoms with Crippen LogP contribution in [-0.4, -0.2) is 63.6 Å². The Balaban J connectivity index is 2.07. The smallest absolute Gasteiger partial charge is 0.254 e. The van der Waals surface area contributed by atoms with Gasteiger partial charge in [-0.3, -0.25) is 14.4 Å². The van der Waals surface area contributed by atoms with Crippen molar-refractivity contribution in [2.45, 2.75) is 26.7 Å². The van der Waals surface area contributed by atoms with Crippen LogP contribution < -0.4 is 24.8 Å². The topological polar surface area (TPSA) is 106 Å². The Labute approximate surface area is 200 Å². The maximum absolute atomic E-state index is 13.2. The summed E-state index contributed by atoms with van der Waals surface area (Å²) < 4.78 is 16.0. The Kier molecular flexibility index (Phi) is 10.2. The first-order valence-electron chi connectivity index (χ1n) is 11.0. The van der Waals surface area contributed by atoms with Crippen molar-refractivity contribution in [3.8, 4) is 17.2 Å². The number of anilines is 1. The van der Waals surface area contributed by atoms with Crippen molar-refractivity contribution < 1.29 is 28.6 Å². The molecule has 0 aliphatic heterocycles. The van der Waals surface area contributed by atoms with E-state index < -0.39 is 5.91 Å². The normalized spacial score (nSPS) is 10.3. The number of ether oxygens (including phenoxy) is 3. The zero-order valence-electron chi connectivity index (χ0n) is 20.4. The number of benzene rings is 2. The van der Waals surface area contributed by atoms with Gasteiger partial charge in [-0.1, -0.05) is 31.0 Å². The summed E-state index contributed by atoms with van der Waals surface area (Å²) in [5.41, 5.74) is 2.03. The number of carbonyl (C=O) groups excluding carboxylic acids is 3. The molecular weight excluding hydrogens is 438 g/mol. The molecule has 34 heavy (non-hydrogen) atoms. The summed E-state index contributed by atoms with van der Waals surface area (Å²) >= 11 is 0. The Hall–Kier alpha value is -3.75. The number of hydrogen-bond donors (Lipinski definition) is 2. The molecule has 0 aromatic heterocycles. The fraction of sp³-hybridized carbons (Fsp3) is 0.400. The minimum absolute atomic E-state index is 0.187. The van der Waals surface area contributed by atoms with Gasteiger partial charge in [0.2, 0.25) is 17.6 Å². The van der Waals surface area contributed by atoms with Gasteiger partial charge >= 0.3 is 0 Å². The van der Waals surface area contributed by atoms with Crippen molar-refractivity contribution in [1.82, 2.24) is 10.2 Å². The van der Waals surface area contributed by atoms with Crippen LogP contribution in [0.1, 0.15) is 35.7 Å². The van der Waals surface area contributed by atoms with Gasteiger partial charge in [0.05, 0.1) is 34.4 Å². The highest BCUT2D eigenvalue weighted by atomic mass is 16.5. The van der Waals surface area contributed by atoms with Gasteiger partial charge in [-0.2, -0.15) is 0 Å². The molecule has 184 valence electrons. The van der Waals surface area contributed by atoms with Crippen LogP contribution >= 0.6 is 0 Å². The second-order valence-corrected chi connectivity index (χ2v) is 7.69. The predicted octanol–water partition coefficient (Wildman–Crippen LogP) is 3.02. The van der Waals surface area contributed by atoms with Crippen molar-refractivity contribution in [3.63, 3.8) is 0 Å². The third-order valence-corrected chi connectivity index (χ3v) is 5.10. The molecule has 0 bridgehead atoms. The van der Waals surface area contributed by atoms with E-state index in [-0.39, 0.29) is 24.9 Å². The molecule has 2 N–H and O–H groups in total. The highest BCUT2D eigenvalue weighted by molar-refractivity contribution is 5.99. The van der Waals surface area contributed by atoms with Crippen LogP contribution in [0.15, 0.2) is 36.4 Å². The number of nitrogens with zero attached hydrogens (tertiary/aromatic N) is 1. The quantitative estimate of drug-likeness (QED) is 0.493. The van der Waals surface area contributed by atoms with E-state index in [1.807, 2.05) is 26.0 Å². The first-order valence-corrected chi connectivity index (χ1v) is 11.0. The van der Waals surface area contributed by atoms with Crippen LogP contribution in [0, 0.1) is 6.92 Å². The van der Waals surface area contributed by atoms with Gasteiger partial charge in [-0.15, -0.1) is 0 Å². The number of methoxy groups -OCH3 is 3. The van der Waals surface area contributed by atoms with Crippen LogP contribution in [0.25, 0.3) is 0 Å². The van der Waals surface area contributed by atoms with E-state index in [1.165, 1.54) is 26.2 Å². The summed E-state index contributed by atoms with van der Waals surface area (Å²) in [6.07, 6.45) is 1.57. The zero-order chi connectivity index (χ0) is 25.1. The molecule has 0 saturated carbocycles. The second kappa shape index (κ2) is 13.1. The third kappa shape index (κ3) is 7.40. The number of rotatable bonds is 12. The molecule has 3 amide bonds. The summed E-state index contributed by atoms with van der Waals surface area (Å²) in [4.78, 5) is 39.4. The molecule has 0 fully saturated rings. The van der Waals surface area contributed by atoms with Crippen molar-refractivity contribution in [2.75, 3.05) is 46.3 Å². The maximum Gasteiger partial charge on any atom is 0.254 e. The van der Waals surface area contributed by atoms with Crippen molar-refractivity contribution in [3.05, 3.63) is 47.5 Å². The molecule has 0 heterocycles. The van der Waals surface area contributed by atoms with Gasteiger partial charge in [-0.05, 0) is 37.6 Å². The Morgan fingerprint density at radius 3 is 2.06 bits per heavy atom. The summed E-state index contributed by atoms with van der Waals surface area (Å²) in [7, 11) is 4.42. The minimum atomic E-state index is -0.434. The Bertz CT molecular complexity index is 966. The largest absolute Gasteiger partial charge is 0.493 e. The van der Waals surface area contributed by atoms with E-state index in [9.17, 15) is 14.4 Å². The minimum Gasteiger partial charge on any atom is -0.493 e. The van der Waals surface area contributed by atoms with Crippen LogP contribution in [0.3, 0.4) is 0 Å². The average molecular weight is 472 g/mol. The first kappa shape index (κ1) is 26.5. The SMILES string of the molecule is CCCCN(CC(=O)NCC(=O)Nc1ccc(C)cc1)C(=O)c1cc(OC)c(OC)c(OC)c1. The van der Waals surface area contributed by atoms with Gasteiger partial charge in [0.15, 0.2) is 11.5 Å². The lowest BCUT2D eigenvalue weighted by atomic mass is 10.1. The zero-order valence-corrected chi connectivity index (χ0v) is 20.4. The van der Waals surface area contributed by atoms with Crippen molar-refractivity contribution >= 4 is 23.4 Å². The van der Waals surface area contributed by atoms with Crippen molar-refractivity contribution in [1.29, 1.82) is 0 Å². The number of carbonyl (C=O) groups is 3. The van der Waals surface area contributed by atoms with E-state index in [1.54, 1.807) is 24.3 Å². The number of aryl methyl sites for hydroxylation is 1. The number of hydrogen-bond acceptors (Lipinski definition) is 6. The van der Waals surface area contributed by atoms with Gasteiger partial charge in [0.1, 0.15) is 0 Å². The van der Waals surface area contributed by atoms with Crippen LogP contribution in [-0.2, 0) is 9.59 Å². The van der Waals surface area contributed by atoms with E-state index in [4.69, 9.17) is 14.2 Å². The lowest BCUT2D eigenvalue weighted by molar-refractivity contribution is -0.124. The lowest BCUT2D eigenvalue weighted by Crippen LogP contribution is -2.43. The fourth-order valence-electron chi connectivity index (χ4n) is 3.24. The van der Waals surface area contributed by atoms with E-state index in [0.29, 0.717) is 35.0 Å². The summed E-state index contributed by atoms with van der Waals surface area (Å²) in [5, 5.41) is 5.30. The van der Waals surface area contributed by atoms with Crippen molar-refractivity contribution in [2.24, 2.45) is 0 Å². The highest BCUT2D eigenvalue weighted by Gasteiger charge is 2.23. The van der Waals surface area contributed by atoms with Gasteiger partial charge in [-0.25, -0.2) is 0 Å². The Morgan fingerprint density at radius 2 is 1.53 bits per heavy atom. The molecule has 0 unspecified atom stereocenters. The standard InChI is InChI=1S/C25H33N3O6/c1-6-7-12-28(25(31)18-13-20(32-3)24(34-5)21(14-18)33-4)16-23(30)26-15-22(29)27-19-10-8-17(2)9-11-19/h8-11,13-14H,6-7,12,15-16H2,1-5H3,(H,26,30)(H,27,29). The second-order valence-electron chi connectivity index (χ2n) is 7.69. The summed E-state index contributed by atoms with van der Waals surface area (Å²) in [6.45, 7) is 3.95. The third-order valence-electron chi connectivity index (χ3n) is 5.10. The molecule has 2 aromatic rings. The molecule has 0 radical (unpaired) electrons. The molecule has 0 spiro atoms. The molecule has 0 aliphatic rings. The fourth-order valence-corrected chi connectivity index (χ4v) is 3.24. The molecule has 9 nitrogen and oxygen atoms in total. The maximum atomic E-state index is 13.2. The van der Waals surface area contributed by atoms with E-state index >= 15 is 0 Å². The van der Waals surface area contributed by atoms with Gasteiger partial charge < -0.3 is 29.7 Å². The average Bonchev–Trinajstić information content (AvgIpc) is 2.85. The van der Waals surface area contributed by atoms with Gasteiger partial charge in [0.25, 0.3) is 5.91 Å². The van der Waals surface area contributed by atoms with Crippen LogP contribution in [0.2, 0.25) is 0 Å². The molecule has 2 aromatic carbocycles. The van der Waals surface area contributed by atoms with Crippen LogP contribution in [0.4, 0.5) is 5.69 Å². The lowest BCUT2D eigenvalue weighted by Gasteiger charge is -2.23. The molecular formula is C25H33N3O6. The molecule has 0 atom stereocenters. The number of unbranched alkanes of at least 4 members (excludes halogenated alkanes) is 1. The van der Waals surface area contributed by atoms with Gasteiger partial charge in [0, 0.05) is 17.8 Å². The summed E-state index contributed by atoms with van der Waals surface area (Å²) in [6, 6.07) is 10.4. The molecule has 0 aliphatic carbocycles. The van der Waals surface area contributed by atoms with E-state index in [0.717, 1.165) is 18.4 Å². The van der Waals surface area contributed by atoms with Crippen LogP contribution in [0.5, 0.6) is 17.2 Å². The number of amides is 3. The molecule has 0 saturated heterocycles. The summed E-state index contributed by atoms with van der Waals surface area (Å²) in [5.74, 6) is -0.0779. The molecule has 2 rings (SSSR count). The predicted molar refractivity (Wildman–Crippen MR) is 130 cm³/mol. The first-order chi connectivity index (χ1) is 16.3. The monoisotopic (exact) mass is 471 g/mol. The molecule has 9 heteroatoms. The Morgan fingerprint density at radius 1 is 0.912 bits per heavy atom. The number of nitrogens with one attached hydrogen (secondary N) is 2. The highest BCUT2D eigenvalue weighted by Crippen LogP contribution is 2.38.